The molecule has 1 saturated carbocycles. The van der Waals surface area contributed by atoms with Crippen molar-refractivity contribution in [1.82, 2.24) is 5.32 Å². The molecule has 0 aliphatic heterocycles. The third-order valence-corrected chi connectivity index (χ3v) is 3.82. The van der Waals surface area contributed by atoms with Gasteiger partial charge in [0.15, 0.2) is 0 Å². The Morgan fingerprint density at radius 3 is 2.76 bits per heavy atom. The molecule has 1 aliphatic rings. The molecule has 17 heavy (non-hydrogen) atoms. The lowest BCUT2D eigenvalue weighted by molar-refractivity contribution is 0.192. The number of rotatable bonds is 6. The van der Waals surface area contributed by atoms with Crippen LogP contribution >= 0.6 is 0 Å². The minimum atomic E-state index is 0.340. The minimum Gasteiger partial charge on any atom is -0.465 e. The van der Waals surface area contributed by atoms with E-state index in [4.69, 9.17) is 4.42 Å². The van der Waals surface area contributed by atoms with E-state index in [1.165, 1.54) is 19.3 Å². The maximum atomic E-state index is 9.24. The van der Waals surface area contributed by atoms with E-state index in [1.54, 1.807) is 0 Å². The van der Waals surface area contributed by atoms with Crippen molar-refractivity contribution in [2.24, 2.45) is 11.8 Å². The molecule has 96 valence electrons. The number of nitrogens with one attached hydrogen (secondary N) is 1. The highest BCUT2D eigenvalue weighted by molar-refractivity contribution is 5.06. The van der Waals surface area contributed by atoms with Crippen LogP contribution in [0.4, 0.5) is 0 Å². The summed E-state index contributed by atoms with van der Waals surface area (Å²) in [5.74, 6) is 3.21. The lowest BCUT2D eigenvalue weighted by Gasteiger charge is -2.17. The van der Waals surface area contributed by atoms with Crippen molar-refractivity contribution in [3.8, 4) is 0 Å². The lowest BCUT2D eigenvalue weighted by Crippen LogP contribution is -2.26. The summed E-state index contributed by atoms with van der Waals surface area (Å²) in [5.41, 5.74) is 0. The van der Waals surface area contributed by atoms with Gasteiger partial charge in [0.05, 0.1) is 6.54 Å². The van der Waals surface area contributed by atoms with E-state index >= 15 is 0 Å². The molecule has 0 radical (unpaired) electrons. The highest BCUT2D eigenvalue weighted by atomic mass is 16.3. The molecule has 2 N–H and O–H groups in total. The maximum absolute atomic E-state index is 9.24. The van der Waals surface area contributed by atoms with Gasteiger partial charge < -0.3 is 14.8 Å². The minimum absolute atomic E-state index is 0.340. The molecule has 1 aromatic rings. The molecule has 1 fully saturated rings. The molecule has 0 aromatic carbocycles. The summed E-state index contributed by atoms with van der Waals surface area (Å²) in [6, 6.07) is 4.09. The van der Waals surface area contributed by atoms with Crippen LogP contribution in [0.5, 0.6) is 0 Å². The fourth-order valence-corrected chi connectivity index (χ4v) is 2.71. The third kappa shape index (κ3) is 3.33. The van der Waals surface area contributed by atoms with E-state index in [0.717, 1.165) is 31.0 Å². The van der Waals surface area contributed by atoms with Crippen molar-refractivity contribution in [2.45, 2.75) is 39.2 Å². The maximum Gasteiger partial charge on any atom is 0.117 e. The second-order valence-electron chi connectivity index (χ2n) is 4.99. The van der Waals surface area contributed by atoms with Gasteiger partial charge in [-0.15, -0.1) is 0 Å². The Kier molecular flexibility index (Phi) is 4.63. The molecule has 0 saturated heterocycles. The Labute approximate surface area is 103 Å². The smallest absolute Gasteiger partial charge is 0.117 e. The number of aliphatic hydroxyl groups excluding tert-OH is 1. The normalized spacial score (nSPS) is 24.4. The molecule has 2 rings (SSSR count). The number of furan rings is 1. The molecule has 0 bridgehead atoms. The predicted molar refractivity (Wildman–Crippen MR) is 67.7 cm³/mol. The van der Waals surface area contributed by atoms with Crippen molar-refractivity contribution in [1.29, 1.82) is 0 Å². The third-order valence-electron chi connectivity index (χ3n) is 3.82. The van der Waals surface area contributed by atoms with Crippen LogP contribution in [0.25, 0.3) is 0 Å². The van der Waals surface area contributed by atoms with E-state index in [2.05, 4.69) is 12.2 Å². The van der Waals surface area contributed by atoms with E-state index < -0.39 is 0 Å². The Bertz CT molecular complexity index is 335. The first-order chi connectivity index (χ1) is 8.33. The summed E-state index contributed by atoms with van der Waals surface area (Å²) in [4.78, 5) is 0. The Morgan fingerprint density at radius 1 is 1.29 bits per heavy atom. The SMILES string of the molecule is CCc1ccc(CNCC2CCCC2CO)o1. The van der Waals surface area contributed by atoms with Crippen LogP contribution in [0.1, 0.15) is 37.7 Å². The van der Waals surface area contributed by atoms with E-state index in [0.29, 0.717) is 18.4 Å². The van der Waals surface area contributed by atoms with Crippen LogP contribution in [-0.2, 0) is 13.0 Å². The second kappa shape index (κ2) is 6.22. The molecule has 0 spiro atoms. The fourth-order valence-electron chi connectivity index (χ4n) is 2.71. The molecule has 3 heteroatoms. The van der Waals surface area contributed by atoms with Crippen LogP contribution in [0, 0.1) is 11.8 Å². The zero-order valence-electron chi connectivity index (χ0n) is 10.6. The number of aliphatic hydroxyl groups is 1. The summed E-state index contributed by atoms with van der Waals surface area (Å²) in [7, 11) is 0. The molecule has 1 heterocycles. The van der Waals surface area contributed by atoms with Crippen molar-refractivity contribution >= 4 is 0 Å². The Balaban J connectivity index is 1.72. The van der Waals surface area contributed by atoms with Crippen LogP contribution in [0.2, 0.25) is 0 Å². The van der Waals surface area contributed by atoms with Crippen molar-refractivity contribution in [2.75, 3.05) is 13.2 Å². The zero-order valence-corrected chi connectivity index (χ0v) is 10.6. The van der Waals surface area contributed by atoms with Crippen LogP contribution in [0.3, 0.4) is 0 Å². The van der Waals surface area contributed by atoms with E-state index in [9.17, 15) is 5.11 Å². The quantitative estimate of drug-likeness (QED) is 0.798. The average Bonchev–Trinajstić information content (AvgIpc) is 2.97. The van der Waals surface area contributed by atoms with E-state index in [-0.39, 0.29) is 0 Å². The van der Waals surface area contributed by atoms with Gasteiger partial charge in [0.1, 0.15) is 11.5 Å². The highest BCUT2D eigenvalue weighted by Crippen LogP contribution is 2.30. The topological polar surface area (TPSA) is 45.4 Å². The van der Waals surface area contributed by atoms with Crippen LogP contribution in [0.15, 0.2) is 16.5 Å². The van der Waals surface area contributed by atoms with Gasteiger partial charge in [0.2, 0.25) is 0 Å². The molecule has 0 amide bonds. The molecule has 3 nitrogen and oxygen atoms in total. The van der Waals surface area contributed by atoms with Gasteiger partial charge in [0, 0.05) is 13.0 Å². The summed E-state index contributed by atoms with van der Waals surface area (Å²) < 4.78 is 5.64. The number of aryl methyl sites for hydroxylation is 1. The zero-order chi connectivity index (χ0) is 12.1. The van der Waals surface area contributed by atoms with Gasteiger partial charge in [-0.3, -0.25) is 0 Å². The van der Waals surface area contributed by atoms with Crippen molar-refractivity contribution < 1.29 is 9.52 Å². The summed E-state index contributed by atoms with van der Waals surface area (Å²) in [6.45, 7) is 4.23. The summed E-state index contributed by atoms with van der Waals surface area (Å²) in [6.07, 6.45) is 4.65. The standard InChI is InChI=1S/C14H23NO2/c1-2-13-6-7-14(17-13)9-15-8-11-4-3-5-12(11)10-16/h6-7,11-12,15-16H,2-5,8-10H2,1H3. The molecular weight excluding hydrogens is 214 g/mol. The summed E-state index contributed by atoms with van der Waals surface area (Å²) in [5, 5.41) is 12.7. The highest BCUT2D eigenvalue weighted by Gasteiger charge is 2.25. The van der Waals surface area contributed by atoms with Gasteiger partial charge in [0.25, 0.3) is 0 Å². The molecule has 1 aliphatic carbocycles. The van der Waals surface area contributed by atoms with Crippen molar-refractivity contribution in [3.63, 3.8) is 0 Å². The molecule has 2 atom stereocenters. The monoisotopic (exact) mass is 237 g/mol. The fraction of sp³-hybridized carbons (Fsp3) is 0.714. The van der Waals surface area contributed by atoms with Crippen LogP contribution < -0.4 is 5.32 Å². The Hall–Kier alpha value is -0.800. The first kappa shape index (κ1) is 12.7. The lowest BCUT2D eigenvalue weighted by atomic mass is 9.97. The van der Waals surface area contributed by atoms with Gasteiger partial charge in [-0.1, -0.05) is 13.3 Å². The number of hydrogen-bond acceptors (Lipinski definition) is 3. The number of hydrogen-bond donors (Lipinski definition) is 2. The largest absolute Gasteiger partial charge is 0.465 e. The van der Waals surface area contributed by atoms with Gasteiger partial charge >= 0.3 is 0 Å². The molecular formula is C14H23NO2. The molecule has 2 unspecified atom stereocenters. The first-order valence-electron chi connectivity index (χ1n) is 6.72. The first-order valence-corrected chi connectivity index (χ1v) is 6.72. The van der Waals surface area contributed by atoms with Gasteiger partial charge in [-0.25, -0.2) is 0 Å². The van der Waals surface area contributed by atoms with Gasteiger partial charge in [-0.05, 0) is 43.4 Å². The Morgan fingerprint density at radius 2 is 2.06 bits per heavy atom. The van der Waals surface area contributed by atoms with Crippen LogP contribution in [-0.4, -0.2) is 18.3 Å². The van der Waals surface area contributed by atoms with Crippen molar-refractivity contribution in [3.05, 3.63) is 23.7 Å². The predicted octanol–water partition coefficient (Wildman–Crippen LogP) is 2.34. The second-order valence-corrected chi connectivity index (χ2v) is 4.99. The average molecular weight is 237 g/mol. The van der Waals surface area contributed by atoms with Gasteiger partial charge in [-0.2, -0.15) is 0 Å². The molecule has 1 aromatic heterocycles. The summed E-state index contributed by atoms with van der Waals surface area (Å²) >= 11 is 0. The van der Waals surface area contributed by atoms with E-state index in [1.807, 2.05) is 12.1 Å².